The molecule has 1 aliphatic heterocycles. The Morgan fingerprint density at radius 1 is 1.62 bits per heavy atom. The molecule has 1 aromatic heterocycles. The zero-order valence-corrected chi connectivity index (χ0v) is 10.8. The highest BCUT2D eigenvalue weighted by molar-refractivity contribution is 9.10. The van der Waals surface area contributed by atoms with Crippen molar-refractivity contribution in [1.82, 2.24) is 9.97 Å². The Bertz CT molecular complexity index is 373. The van der Waals surface area contributed by atoms with Gasteiger partial charge in [0, 0.05) is 12.7 Å². The van der Waals surface area contributed by atoms with E-state index in [1.807, 2.05) is 13.8 Å². The lowest BCUT2D eigenvalue weighted by atomic mass is 10.3. The molecule has 1 aromatic rings. The Labute approximate surface area is 103 Å². The van der Waals surface area contributed by atoms with Gasteiger partial charge >= 0.3 is 0 Å². The summed E-state index contributed by atoms with van der Waals surface area (Å²) >= 11 is 3.37. The quantitative estimate of drug-likeness (QED) is 0.919. The first-order chi connectivity index (χ1) is 7.57. The molecular formula is C10H14BrN3O2. The molecule has 5 nitrogen and oxygen atoms in total. The Balaban J connectivity index is 1.87. The molecule has 16 heavy (non-hydrogen) atoms. The second-order valence-corrected chi connectivity index (χ2v) is 4.91. The second-order valence-electron chi connectivity index (χ2n) is 4.05. The van der Waals surface area contributed by atoms with Crippen molar-refractivity contribution in [2.75, 3.05) is 18.5 Å². The first-order valence-corrected chi connectivity index (χ1v) is 5.87. The zero-order chi connectivity index (χ0) is 11.6. The normalized spacial score (nSPS) is 23.3. The number of ether oxygens (including phenoxy) is 2. The highest BCUT2D eigenvalue weighted by atomic mass is 79.9. The third-order valence-electron chi connectivity index (χ3n) is 2.23. The number of hydrogen-bond acceptors (Lipinski definition) is 5. The van der Waals surface area contributed by atoms with Gasteiger partial charge in [-0.3, -0.25) is 0 Å². The van der Waals surface area contributed by atoms with Gasteiger partial charge in [-0.1, -0.05) is 0 Å². The van der Waals surface area contributed by atoms with Crippen LogP contribution < -0.4 is 5.32 Å². The number of halogens is 1. The summed E-state index contributed by atoms with van der Waals surface area (Å²) in [6.45, 7) is 5.09. The lowest BCUT2D eigenvalue weighted by molar-refractivity contribution is -0.136. The number of rotatable bonds is 3. The van der Waals surface area contributed by atoms with E-state index in [0.717, 1.165) is 10.3 Å². The van der Waals surface area contributed by atoms with E-state index < -0.39 is 5.79 Å². The van der Waals surface area contributed by atoms with Gasteiger partial charge in [-0.25, -0.2) is 9.97 Å². The van der Waals surface area contributed by atoms with Crippen molar-refractivity contribution in [1.29, 1.82) is 0 Å². The molecule has 0 bridgehead atoms. The van der Waals surface area contributed by atoms with E-state index in [9.17, 15) is 0 Å². The van der Waals surface area contributed by atoms with Crippen molar-refractivity contribution in [3.8, 4) is 0 Å². The maximum Gasteiger partial charge on any atom is 0.163 e. The molecule has 1 atom stereocenters. The van der Waals surface area contributed by atoms with Crippen LogP contribution >= 0.6 is 15.9 Å². The second kappa shape index (κ2) is 4.65. The Kier molecular flexibility index (Phi) is 3.41. The fourth-order valence-electron chi connectivity index (χ4n) is 1.52. The molecule has 6 heteroatoms. The molecule has 2 heterocycles. The first-order valence-electron chi connectivity index (χ1n) is 5.08. The van der Waals surface area contributed by atoms with E-state index in [4.69, 9.17) is 9.47 Å². The minimum atomic E-state index is -0.477. The molecule has 2 rings (SSSR count). The fourth-order valence-corrected chi connectivity index (χ4v) is 1.88. The lowest BCUT2D eigenvalue weighted by Gasteiger charge is -2.17. The van der Waals surface area contributed by atoms with Gasteiger partial charge in [-0.15, -0.1) is 0 Å². The van der Waals surface area contributed by atoms with Crippen LogP contribution in [0, 0.1) is 0 Å². The monoisotopic (exact) mass is 287 g/mol. The van der Waals surface area contributed by atoms with Crippen molar-refractivity contribution in [3.63, 3.8) is 0 Å². The average molecular weight is 288 g/mol. The maximum atomic E-state index is 5.67. The predicted molar refractivity (Wildman–Crippen MR) is 63.1 cm³/mol. The molecule has 88 valence electrons. The topological polar surface area (TPSA) is 56.3 Å². The van der Waals surface area contributed by atoms with Crippen molar-refractivity contribution in [2.24, 2.45) is 0 Å². The third-order valence-corrected chi connectivity index (χ3v) is 2.81. The van der Waals surface area contributed by atoms with Gasteiger partial charge in [0.25, 0.3) is 0 Å². The molecule has 0 radical (unpaired) electrons. The summed E-state index contributed by atoms with van der Waals surface area (Å²) in [4.78, 5) is 8.00. The van der Waals surface area contributed by atoms with Crippen LogP contribution in [0.4, 0.5) is 5.82 Å². The Morgan fingerprint density at radius 3 is 3.06 bits per heavy atom. The van der Waals surface area contributed by atoms with Crippen LogP contribution in [-0.2, 0) is 9.47 Å². The highest BCUT2D eigenvalue weighted by Crippen LogP contribution is 2.23. The lowest BCUT2D eigenvalue weighted by Crippen LogP contribution is -2.26. The van der Waals surface area contributed by atoms with Crippen LogP contribution in [-0.4, -0.2) is 35.0 Å². The number of hydrogen-bond donors (Lipinski definition) is 1. The summed E-state index contributed by atoms with van der Waals surface area (Å²) in [5, 5.41) is 3.19. The smallest absolute Gasteiger partial charge is 0.163 e. The Hall–Kier alpha value is -0.720. The molecule has 0 spiro atoms. The molecule has 1 N–H and O–H groups in total. The van der Waals surface area contributed by atoms with E-state index in [2.05, 4.69) is 31.2 Å². The van der Waals surface area contributed by atoms with Crippen molar-refractivity contribution in [2.45, 2.75) is 25.7 Å². The summed E-state index contributed by atoms with van der Waals surface area (Å²) in [6.07, 6.45) is 3.26. The van der Waals surface area contributed by atoms with Crippen molar-refractivity contribution in [3.05, 3.63) is 17.0 Å². The van der Waals surface area contributed by atoms with Gasteiger partial charge in [0.2, 0.25) is 0 Å². The van der Waals surface area contributed by atoms with Crippen LogP contribution in [0.1, 0.15) is 13.8 Å². The van der Waals surface area contributed by atoms with Crippen LogP contribution in [0.25, 0.3) is 0 Å². The number of anilines is 1. The minimum absolute atomic E-state index is 0.0527. The third kappa shape index (κ3) is 2.90. The van der Waals surface area contributed by atoms with E-state index in [1.54, 1.807) is 6.20 Å². The zero-order valence-electron chi connectivity index (χ0n) is 9.24. The molecule has 1 unspecified atom stereocenters. The summed E-state index contributed by atoms with van der Waals surface area (Å²) in [6, 6.07) is 0. The molecule has 0 saturated carbocycles. The first kappa shape index (κ1) is 11.8. The van der Waals surface area contributed by atoms with Gasteiger partial charge in [-0.05, 0) is 29.8 Å². The predicted octanol–water partition coefficient (Wildman–Crippen LogP) is 1.80. The molecular weight excluding hydrogens is 274 g/mol. The van der Waals surface area contributed by atoms with Gasteiger partial charge in [-0.2, -0.15) is 0 Å². The van der Waals surface area contributed by atoms with E-state index >= 15 is 0 Å². The number of aromatic nitrogens is 2. The van der Waals surface area contributed by atoms with Gasteiger partial charge in [0.15, 0.2) is 5.79 Å². The summed E-state index contributed by atoms with van der Waals surface area (Å²) < 4.78 is 12.0. The average Bonchev–Trinajstić information content (AvgIpc) is 2.57. The summed E-state index contributed by atoms with van der Waals surface area (Å²) in [5.74, 6) is 0.290. The van der Waals surface area contributed by atoms with Gasteiger partial charge in [0.1, 0.15) is 18.2 Å². The standard InChI is InChI=1S/C10H14BrN3O2/c1-10(2)15-5-7(16-10)3-13-9-8(11)4-12-6-14-9/h4,6-7H,3,5H2,1-2H3,(H,12,13,14). The van der Waals surface area contributed by atoms with Crippen molar-refractivity contribution >= 4 is 21.7 Å². The Morgan fingerprint density at radius 2 is 2.44 bits per heavy atom. The number of nitrogens with zero attached hydrogens (tertiary/aromatic N) is 2. The van der Waals surface area contributed by atoms with Crippen LogP contribution in [0.5, 0.6) is 0 Å². The molecule has 0 aromatic carbocycles. The van der Waals surface area contributed by atoms with Gasteiger partial charge in [0.05, 0.1) is 11.1 Å². The molecule has 1 aliphatic rings. The minimum Gasteiger partial charge on any atom is -0.366 e. The highest BCUT2D eigenvalue weighted by Gasteiger charge is 2.32. The number of nitrogens with one attached hydrogen (secondary N) is 1. The summed E-state index contributed by atoms with van der Waals surface area (Å²) in [7, 11) is 0. The SMILES string of the molecule is CC1(C)OCC(CNc2ncncc2Br)O1. The molecule has 1 fully saturated rings. The fraction of sp³-hybridized carbons (Fsp3) is 0.600. The molecule has 1 saturated heterocycles. The molecule has 0 aliphatic carbocycles. The van der Waals surface area contributed by atoms with Crippen LogP contribution in [0.3, 0.4) is 0 Å². The van der Waals surface area contributed by atoms with Crippen LogP contribution in [0.2, 0.25) is 0 Å². The maximum absolute atomic E-state index is 5.67. The van der Waals surface area contributed by atoms with Crippen molar-refractivity contribution < 1.29 is 9.47 Å². The van der Waals surface area contributed by atoms with E-state index in [1.165, 1.54) is 6.33 Å². The van der Waals surface area contributed by atoms with Gasteiger partial charge < -0.3 is 14.8 Å². The molecule has 0 amide bonds. The largest absolute Gasteiger partial charge is 0.366 e. The summed E-state index contributed by atoms with van der Waals surface area (Å²) in [5.41, 5.74) is 0. The van der Waals surface area contributed by atoms with E-state index in [0.29, 0.717) is 13.2 Å². The van der Waals surface area contributed by atoms with E-state index in [-0.39, 0.29) is 6.10 Å². The van der Waals surface area contributed by atoms with Crippen LogP contribution in [0.15, 0.2) is 17.0 Å².